The van der Waals surface area contributed by atoms with Crippen LogP contribution in [-0.4, -0.2) is 73.3 Å². The number of nitrogen functional groups attached to an aromatic ring is 1. The lowest BCUT2D eigenvalue weighted by Gasteiger charge is -2.31. The van der Waals surface area contributed by atoms with Crippen molar-refractivity contribution in [2.75, 3.05) is 18.9 Å². The first-order chi connectivity index (χ1) is 23.7. The van der Waals surface area contributed by atoms with Gasteiger partial charge in [0, 0.05) is 49.5 Å². The topological polar surface area (TPSA) is 184 Å². The molecule has 0 spiro atoms. The number of aliphatic hydroxyl groups is 5. The zero-order valence-corrected chi connectivity index (χ0v) is 27.9. The van der Waals surface area contributed by atoms with E-state index in [1.165, 1.54) is 0 Å². The van der Waals surface area contributed by atoms with Gasteiger partial charge in [0.25, 0.3) is 0 Å². The fourth-order valence-electron chi connectivity index (χ4n) is 7.27. The second-order valence-corrected chi connectivity index (χ2v) is 13.5. The molecule has 2 aliphatic rings. The summed E-state index contributed by atoms with van der Waals surface area (Å²) < 4.78 is 6.41. The van der Waals surface area contributed by atoms with Gasteiger partial charge in [0.15, 0.2) is 11.5 Å². The van der Waals surface area contributed by atoms with Gasteiger partial charge >= 0.3 is 0 Å². The van der Waals surface area contributed by atoms with Crippen LogP contribution >= 0.6 is 0 Å². The number of nitrogens with two attached hydrogens (primary N) is 1. The molecule has 0 saturated carbocycles. The monoisotopic (exact) mass is 672 g/mol. The maximum atomic E-state index is 11.5. The highest BCUT2D eigenvalue weighted by molar-refractivity contribution is 5.44. The predicted molar refractivity (Wildman–Crippen MR) is 187 cm³/mol. The molecule has 2 aliphatic carbocycles. The number of aromatic nitrogens is 2. The number of benzene rings is 1. The van der Waals surface area contributed by atoms with Gasteiger partial charge in [-0.25, -0.2) is 4.98 Å². The fraction of sp³-hybridized carbons (Fsp3) is 0.513. The van der Waals surface area contributed by atoms with Crippen molar-refractivity contribution >= 4 is 5.82 Å². The first-order valence-electron chi connectivity index (χ1n) is 17.5. The van der Waals surface area contributed by atoms with Gasteiger partial charge in [-0.05, 0) is 79.8 Å². The van der Waals surface area contributed by atoms with E-state index in [-0.39, 0.29) is 54.8 Å². The maximum Gasteiger partial charge on any atom is 0.161 e. The van der Waals surface area contributed by atoms with Crippen LogP contribution in [0.4, 0.5) is 5.82 Å². The van der Waals surface area contributed by atoms with Crippen molar-refractivity contribution in [3.05, 3.63) is 83.8 Å². The molecule has 2 heterocycles. The van der Waals surface area contributed by atoms with Gasteiger partial charge in [-0.15, -0.1) is 0 Å². The molecule has 0 amide bonds. The Balaban J connectivity index is 1.41. The average molecular weight is 673 g/mol. The number of fused-ring (bicyclic) bond motifs is 1. The molecule has 0 saturated heterocycles. The van der Waals surface area contributed by atoms with Crippen molar-refractivity contribution in [2.24, 2.45) is 17.8 Å². The van der Waals surface area contributed by atoms with Gasteiger partial charge in [-0.1, -0.05) is 55.0 Å². The summed E-state index contributed by atoms with van der Waals surface area (Å²) in [6, 6.07) is 12.5. The third kappa shape index (κ3) is 9.87. The third-order valence-electron chi connectivity index (χ3n) is 9.99. The quantitative estimate of drug-likeness (QED) is 0.104. The van der Waals surface area contributed by atoms with E-state index in [4.69, 9.17) is 10.5 Å². The number of anilines is 1. The summed E-state index contributed by atoms with van der Waals surface area (Å²) in [5.74, 6) is 5.94. The zero-order chi connectivity index (χ0) is 34.8. The molecule has 10 nitrogen and oxygen atoms in total. The van der Waals surface area contributed by atoms with Crippen LogP contribution in [0, 0.1) is 29.6 Å². The van der Waals surface area contributed by atoms with Crippen molar-refractivity contribution in [3.63, 3.8) is 0 Å². The van der Waals surface area contributed by atoms with Crippen LogP contribution < -0.4 is 15.5 Å². The summed E-state index contributed by atoms with van der Waals surface area (Å²) in [6.45, 7) is -0.170. The van der Waals surface area contributed by atoms with Gasteiger partial charge in [0.2, 0.25) is 0 Å². The number of allylic oxidation sites excluding steroid dienone is 2. The van der Waals surface area contributed by atoms with Crippen LogP contribution in [0.25, 0.3) is 0 Å². The molecule has 264 valence electrons. The van der Waals surface area contributed by atoms with Crippen LogP contribution in [0.3, 0.4) is 0 Å². The molecule has 9 unspecified atom stereocenters. The van der Waals surface area contributed by atoms with Crippen molar-refractivity contribution in [2.45, 2.75) is 94.0 Å². The molecule has 49 heavy (non-hydrogen) atoms. The van der Waals surface area contributed by atoms with E-state index >= 15 is 0 Å². The SMILES string of the molecule is Nc1cc(C(Cc2ccc[n-]2)CC(Oc2cc(C3C=CC4C#CC(CCO)CCCCC(O)C4C(O)C3)ccc2O)C(O)CCO)ccn1. The Labute approximate surface area is 288 Å². The Kier molecular flexibility index (Phi) is 13.2. The number of phenolic OH excluding ortho intramolecular Hbond substituents is 1. The molecule has 0 fully saturated rings. The highest BCUT2D eigenvalue weighted by Gasteiger charge is 2.36. The van der Waals surface area contributed by atoms with Crippen molar-refractivity contribution < 1.29 is 35.4 Å². The molecule has 0 bridgehead atoms. The third-order valence-corrected chi connectivity index (χ3v) is 9.99. The fourth-order valence-corrected chi connectivity index (χ4v) is 7.27. The Morgan fingerprint density at radius 1 is 1.00 bits per heavy atom. The molecule has 0 radical (unpaired) electrons. The first-order valence-corrected chi connectivity index (χ1v) is 17.5. The number of aromatic hydroxyl groups is 1. The molecular weight excluding hydrogens is 622 g/mol. The van der Waals surface area contributed by atoms with Crippen molar-refractivity contribution in [3.8, 4) is 23.3 Å². The lowest BCUT2D eigenvalue weighted by Crippen LogP contribution is -2.36. The maximum absolute atomic E-state index is 11.5. The standard InChI is InChI=1S/C39H50N3O7/c40-38-24-29(13-17-42-38)30(20-31-5-3-16-41-31)23-37(33(46)15-19-44)49-36-22-28(11-12-32(36)45)27-10-9-26-8-7-25(14-18-43)4-1-2-6-34(47)39(26)35(48)21-27/h3,5,9-13,16-17,22,24-27,30,33-35,37,39,43-48H,1-2,4,6,14-15,18-21,23H2,(H2,40,42)/q-1. The summed E-state index contributed by atoms with van der Waals surface area (Å²) in [6.07, 6.45) is 9.07. The summed E-state index contributed by atoms with van der Waals surface area (Å²) >= 11 is 0. The number of aliphatic hydroxyl groups excluding tert-OH is 5. The van der Waals surface area contributed by atoms with E-state index in [9.17, 15) is 30.6 Å². The molecule has 1 aromatic carbocycles. The summed E-state index contributed by atoms with van der Waals surface area (Å²) in [5, 5.41) is 64.0. The number of ether oxygens (including phenoxy) is 1. The second-order valence-electron chi connectivity index (χ2n) is 13.5. The van der Waals surface area contributed by atoms with E-state index in [1.54, 1.807) is 36.7 Å². The molecule has 3 aromatic rings. The Bertz CT molecular complexity index is 1550. The van der Waals surface area contributed by atoms with Crippen LogP contribution in [0.5, 0.6) is 11.5 Å². The van der Waals surface area contributed by atoms with Crippen LogP contribution in [0.15, 0.2) is 67.0 Å². The molecule has 0 aliphatic heterocycles. The molecule has 9 atom stereocenters. The van der Waals surface area contributed by atoms with Gasteiger partial charge in [-0.3, -0.25) is 0 Å². The minimum absolute atomic E-state index is 0.0736. The smallest absolute Gasteiger partial charge is 0.161 e. The lowest BCUT2D eigenvalue weighted by atomic mass is 9.79. The minimum Gasteiger partial charge on any atom is -0.668 e. The van der Waals surface area contributed by atoms with Gasteiger partial charge in [0.05, 0.1) is 18.3 Å². The Hall–Kier alpha value is -3.85. The number of hydrogen-bond acceptors (Lipinski definition) is 9. The highest BCUT2D eigenvalue weighted by Crippen LogP contribution is 2.40. The molecular formula is C39H50N3O7-. The van der Waals surface area contributed by atoms with E-state index < -0.39 is 30.3 Å². The van der Waals surface area contributed by atoms with Crippen molar-refractivity contribution in [1.82, 2.24) is 9.97 Å². The highest BCUT2D eigenvalue weighted by atomic mass is 16.5. The molecule has 8 N–H and O–H groups in total. The largest absolute Gasteiger partial charge is 0.668 e. The van der Waals surface area contributed by atoms with Crippen LogP contribution in [0.1, 0.15) is 80.0 Å². The van der Waals surface area contributed by atoms with Gasteiger partial charge in [0.1, 0.15) is 11.9 Å². The molecule has 2 aromatic heterocycles. The number of hydrogen-bond donors (Lipinski definition) is 7. The number of nitrogens with zero attached hydrogens (tertiary/aromatic N) is 2. The summed E-state index contributed by atoms with van der Waals surface area (Å²) in [4.78, 5) is 8.57. The number of rotatable bonds is 13. The average Bonchev–Trinajstić information content (AvgIpc) is 3.54. The van der Waals surface area contributed by atoms with E-state index in [0.717, 1.165) is 36.1 Å². The molecule has 5 rings (SSSR count). The predicted octanol–water partition coefficient (Wildman–Crippen LogP) is 3.81. The van der Waals surface area contributed by atoms with Gasteiger partial charge < -0.3 is 46.1 Å². The zero-order valence-electron chi connectivity index (χ0n) is 27.9. The van der Waals surface area contributed by atoms with E-state index in [2.05, 4.69) is 21.8 Å². The van der Waals surface area contributed by atoms with E-state index in [1.807, 2.05) is 30.4 Å². The molecule has 10 heteroatoms. The van der Waals surface area contributed by atoms with Crippen LogP contribution in [-0.2, 0) is 6.42 Å². The normalized spacial score (nSPS) is 26.0. The van der Waals surface area contributed by atoms with E-state index in [0.29, 0.717) is 37.9 Å². The van der Waals surface area contributed by atoms with Gasteiger partial charge in [-0.2, -0.15) is 11.9 Å². The van der Waals surface area contributed by atoms with Crippen LogP contribution in [0.2, 0.25) is 0 Å². The number of phenols is 1. The minimum atomic E-state index is -1.04. The summed E-state index contributed by atoms with van der Waals surface area (Å²) in [7, 11) is 0. The second kappa shape index (κ2) is 17.7. The summed E-state index contributed by atoms with van der Waals surface area (Å²) in [5.41, 5.74) is 8.60. The van der Waals surface area contributed by atoms with Crippen molar-refractivity contribution in [1.29, 1.82) is 0 Å². The lowest BCUT2D eigenvalue weighted by molar-refractivity contribution is -0.00711. The number of pyridine rings is 1. The first kappa shape index (κ1) is 36.4. The Morgan fingerprint density at radius 3 is 2.59 bits per heavy atom. The Morgan fingerprint density at radius 2 is 1.84 bits per heavy atom.